The standard InChI is InChI=1S/C19H19Cl2N5S/c1-12(2)14-4-6-15(7-5-14)23-19(27)24-18-22-11-26(25-18)10-13-3-8-16(20)17(21)9-13/h3-9,11-12H,10H2,1-2H3,(H2,23,24,25,27). The maximum absolute atomic E-state index is 6.04. The molecule has 2 N–H and O–H groups in total. The van der Waals surface area contributed by atoms with E-state index in [1.165, 1.54) is 5.56 Å². The molecular weight excluding hydrogens is 401 g/mol. The SMILES string of the molecule is CC(C)c1ccc(NC(=S)Nc2ncn(Cc3ccc(Cl)c(Cl)c3)n2)cc1. The summed E-state index contributed by atoms with van der Waals surface area (Å²) in [5.74, 6) is 0.916. The minimum Gasteiger partial charge on any atom is -0.332 e. The van der Waals surface area contributed by atoms with E-state index in [2.05, 4.69) is 46.7 Å². The van der Waals surface area contributed by atoms with Gasteiger partial charge in [0.05, 0.1) is 16.6 Å². The van der Waals surface area contributed by atoms with Crippen molar-refractivity contribution in [3.63, 3.8) is 0 Å². The minimum atomic E-state index is 0.423. The van der Waals surface area contributed by atoms with Crippen molar-refractivity contribution >= 4 is 52.2 Å². The molecule has 0 radical (unpaired) electrons. The van der Waals surface area contributed by atoms with Gasteiger partial charge in [-0.25, -0.2) is 9.67 Å². The highest BCUT2D eigenvalue weighted by molar-refractivity contribution is 7.80. The van der Waals surface area contributed by atoms with E-state index in [9.17, 15) is 0 Å². The van der Waals surface area contributed by atoms with E-state index in [0.717, 1.165) is 11.3 Å². The molecule has 0 amide bonds. The van der Waals surface area contributed by atoms with E-state index in [1.54, 1.807) is 17.1 Å². The lowest BCUT2D eigenvalue weighted by atomic mass is 10.0. The van der Waals surface area contributed by atoms with Crippen molar-refractivity contribution in [3.05, 3.63) is 70.0 Å². The van der Waals surface area contributed by atoms with E-state index in [-0.39, 0.29) is 0 Å². The summed E-state index contributed by atoms with van der Waals surface area (Å²) >= 11 is 17.3. The topological polar surface area (TPSA) is 54.8 Å². The van der Waals surface area contributed by atoms with Gasteiger partial charge in [-0.15, -0.1) is 5.10 Å². The Bertz CT molecular complexity index is 938. The Hall–Kier alpha value is -2.15. The maximum Gasteiger partial charge on any atom is 0.248 e. The number of anilines is 2. The number of nitrogens with one attached hydrogen (secondary N) is 2. The Morgan fingerprint density at radius 3 is 2.48 bits per heavy atom. The molecule has 2 aromatic carbocycles. The third kappa shape index (κ3) is 5.42. The van der Waals surface area contributed by atoms with Gasteiger partial charge in [0, 0.05) is 5.69 Å². The van der Waals surface area contributed by atoms with Gasteiger partial charge in [-0.05, 0) is 53.5 Å². The quantitative estimate of drug-likeness (QED) is 0.529. The minimum absolute atomic E-state index is 0.423. The highest BCUT2D eigenvalue weighted by Crippen LogP contribution is 2.23. The zero-order valence-corrected chi connectivity index (χ0v) is 17.2. The third-order valence-electron chi connectivity index (χ3n) is 3.93. The molecular formula is C19H19Cl2N5S. The molecule has 3 aromatic rings. The number of hydrogen-bond donors (Lipinski definition) is 2. The molecule has 1 aromatic heterocycles. The van der Waals surface area contributed by atoms with Crippen LogP contribution in [-0.2, 0) is 6.54 Å². The first-order valence-corrected chi connectivity index (χ1v) is 9.58. The molecule has 5 nitrogen and oxygen atoms in total. The van der Waals surface area contributed by atoms with Crippen molar-refractivity contribution in [2.45, 2.75) is 26.3 Å². The van der Waals surface area contributed by atoms with Crippen LogP contribution in [0.5, 0.6) is 0 Å². The fourth-order valence-electron chi connectivity index (χ4n) is 2.47. The molecule has 0 aliphatic rings. The second-order valence-corrected chi connectivity index (χ2v) is 7.59. The van der Waals surface area contributed by atoms with Gasteiger partial charge in [-0.2, -0.15) is 0 Å². The summed E-state index contributed by atoms with van der Waals surface area (Å²) in [5, 5.41) is 12.0. The van der Waals surface area contributed by atoms with Crippen LogP contribution in [0.1, 0.15) is 30.9 Å². The fraction of sp³-hybridized carbons (Fsp3) is 0.211. The van der Waals surface area contributed by atoms with Crippen molar-refractivity contribution in [2.24, 2.45) is 0 Å². The first-order chi connectivity index (χ1) is 12.9. The second-order valence-electron chi connectivity index (χ2n) is 6.37. The lowest BCUT2D eigenvalue weighted by Crippen LogP contribution is -2.20. The molecule has 0 fully saturated rings. The fourth-order valence-corrected chi connectivity index (χ4v) is 3.00. The van der Waals surface area contributed by atoms with Crippen LogP contribution in [0.4, 0.5) is 11.6 Å². The van der Waals surface area contributed by atoms with E-state index in [1.807, 2.05) is 24.3 Å². The predicted octanol–water partition coefficient (Wildman–Crippen LogP) is 5.57. The van der Waals surface area contributed by atoms with Gasteiger partial charge < -0.3 is 5.32 Å². The zero-order valence-electron chi connectivity index (χ0n) is 14.9. The first kappa shape index (κ1) is 19.6. The summed E-state index contributed by atoms with van der Waals surface area (Å²) in [7, 11) is 0. The number of aromatic nitrogens is 3. The summed E-state index contributed by atoms with van der Waals surface area (Å²) in [6.45, 7) is 4.85. The van der Waals surface area contributed by atoms with E-state index in [0.29, 0.717) is 33.6 Å². The van der Waals surface area contributed by atoms with Crippen LogP contribution in [0.15, 0.2) is 48.8 Å². The average molecular weight is 420 g/mol. The molecule has 8 heteroatoms. The summed E-state index contributed by atoms with van der Waals surface area (Å²) in [6, 6.07) is 13.6. The molecule has 0 aliphatic heterocycles. The van der Waals surface area contributed by atoms with Crippen molar-refractivity contribution in [1.29, 1.82) is 0 Å². The Morgan fingerprint density at radius 2 is 1.81 bits per heavy atom. The molecule has 0 spiro atoms. The Labute approximate surface area is 173 Å². The van der Waals surface area contributed by atoms with Crippen molar-refractivity contribution < 1.29 is 0 Å². The number of halogens is 2. The smallest absolute Gasteiger partial charge is 0.248 e. The molecule has 0 aliphatic carbocycles. The third-order valence-corrected chi connectivity index (χ3v) is 4.87. The van der Waals surface area contributed by atoms with Gasteiger partial charge in [0.25, 0.3) is 0 Å². The molecule has 0 atom stereocenters. The van der Waals surface area contributed by atoms with Crippen LogP contribution in [0.2, 0.25) is 10.0 Å². The van der Waals surface area contributed by atoms with Crippen LogP contribution in [0.25, 0.3) is 0 Å². The molecule has 0 saturated heterocycles. The number of thiocarbonyl (C=S) groups is 1. The Morgan fingerprint density at radius 1 is 1.07 bits per heavy atom. The normalized spacial score (nSPS) is 10.9. The predicted molar refractivity (Wildman–Crippen MR) is 116 cm³/mol. The molecule has 1 heterocycles. The van der Waals surface area contributed by atoms with Crippen LogP contribution in [-0.4, -0.2) is 19.9 Å². The highest BCUT2D eigenvalue weighted by atomic mass is 35.5. The molecule has 3 rings (SSSR count). The maximum atomic E-state index is 6.04. The lowest BCUT2D eigenvalue weighted by molar-refractivity contribution is 0.687. The number of rotatable bonds is 5. The van der Waals surface area contributed by atoms with Gasteiger partial charge in [0.1, 0.15) is 6.33 Å². The molecule has 27 heavy (non-hydrogen) atoms. The van der Waals surface area contributed by atoms with Gasteiger partial charge in [-0.1, -0.05) is 55.2 Å². The van der Waals surface area contributed by atoms with Crippen LogP contribution in [0.3, 0.4) is 0 Å². The lowest BCUT2D eigenvalue weighted by Gasteiger charge is -2.10. The second kappa shape index (κ2) is 8.69. The van der Waals surface area contributed by atoms with Crippen LogP contribution < -0.4 is 10.6 Å². The summed E-state index contributed by atoms with van der Waals surface area (Å²) < 4.78 is 1.70. The van der Waals surface area contributed by atoms with Gasteiger partial charge in [0.2, 0.25) is 5.95 Å². The van der Waals surface area contributed by atoms with Gasteiger partial charge >= 0.3 is 0 Å². The number of hydrogen-bond acceptors (Lipinski definition) is 3. The molecule has 0 saturated carbocycles. The zero-order chi connectivity index (χ0) is 19.4. The Balaban J connectivity index is 1.58. The largest absolute Gasteiger partial charge is 0.332 e. The molecule has 0 unspecified atom stereocenters. The van der Waals surface area contributed by atoms with Crippen molar-refractivity contribution in [1.82, 2.24) is 14.8 Å². The van der Waals surface area contributed by atoms with Crippen molar-refractivity contribution in [2.75, 3.05) is 10.6 Å². The number of benzene rings is 2. The van der Waals surface area contributed by atoms with E-state index < -0.39 is 0 Å². The Kier molecular flexibility index (Phi) is 6.31. The van der Waals surface area contributed by atoms with E-state index in [4.69, 9.17) is 35.4 Å². The number of nitrogens with zero attached hydrogens (tertiary/aromatic N) is 3. The molecule has 140 valence electrons. The van der Waals surface area contributed by atoms with Gasteiger partial charge in [-0.3, -0.25) is 5.32 Å². The van der Waals surface area contributed by atoms with Crippen LogP contribution in [0, 0.1) is 0 Å². The average Bonchev–Trinajstić information content (AvgIpc) is 3.05. The van der Waals surface area contributed by atoms with Crippen LogP contribution >= 0.6 is 35.4 Å². The summed E-state index contributed by atoms with van der Waals surface area (Å²) in [5.41, 5.74) is 3.17. The van der Waals surface area contributed by atoms with Gasteiger partial charge in [0.15, 0.2) is 5.11 Å². The summed E-state index contributed by atoms with van der Waals surface area (Å²) in [6.07, 6.45) is 1.63. The monoisotopic (exact) mass is 419 g/mol. The van der Waals surface area contributed by atoms with Crippen molar-refractivity contribution in [3.8, 4) is 0 Å². The molecule has 0 bridgehead atoms. The first-order valence-electron chi connectivity index (χ1n) is 8.42. The van der Waals surface area contributed by atoms with E-state index >= 15 is 0 Å². The summed E-state index contributed by atoms with van der Waals surface area (Å²) in [4.78, 5) is 4.23. The highest BCUT2D eigenvalue weighted by Gasteiger charge is 2.06.